The number of rotatable bonds is 3. The zero-order valence-corrected chi connectivity index (χ0v) is 17.2. The molecule has 2 aliphatic rings. The molecule has 1 aromatic heterocycles. The summed E-state index contributed by atoms with van der Waals surface area (Å²) < 4.78 is 67.6. The van der Waals surface area contributed by atoms with E-state index >= 15 is 0 Å². The number of hydrogen-bond acceptors (Lipinski definition) is 4. The van der Waals surface area contributed by atoms with Crippen molar-refractivity contribution in [2.75, 3.05) is 0 Å². The average Bonchev–Trinajstić information content (AvgIpc) is 3.30. The van der Waals surface area contributed by atoms with Crippen LogP contribution >= 0.6 is 0 Å². The maximum absolute atomic E-state index is 13.5. The van der Waals surface area contributed by atoms with Crippen molar-refractivity contribution in [3.8, 4) is 0 Å². The summed E-state index contributed by atoms with van der Waals surface area (Å²) >= 11 is 0. The van der Waals surface area contributed by atoms with Crippen LogP contribution in [0.25, 0.3) is 0 Å². The van der Waals surface area contributed by atoms with E-state index in [1.54, 1.807) is 0 Å². The van der Waals surface area contributed by atoms with Gasteiger partial charge in [0, 0.05) is 24.9 Å². The van der Waals surface area contributed by atoms with Crippen LogP contribution in [0.5, 0.6) is 0 Å². The third-order valence-electron chi connectivity index (χ3n) is 5.04. The molecule has 1 fully saturated rings. The summed E-state index contributed by atoms with van der Waals surface area (Å²) in [5, 5.41) is 9.64. The van der Waals surface area contributed by atoms with Crippen molar-refractivity contribution in [1.29, 1.82) is 0 Å². The van der Waals surface area contributed by atoms with Gasteiger partial charge in [0.1, 0.15) is 17.5 Å². The summed E-state index contributed by atoms with van der Waals surface area (Å²) in [6.45, 7) is 0. The van der Waals surface area contributed by atoms with Gasteiger partial charge in [0.15, 0.2) is 5.69 Å². The number of hydrogen-bond donors (Lipinski definition) is 2. The first kappa shape index (κ1) is 22.6. The van der Waals surface area contributed by atoms with Crippen molar-refractivity contribution in [2.45, 2.75) is 37.9 Å². The highest BCUT2D eigenvalue weighted by Crippen LogP contribution is 2.30. The Morgan fingerprint density at radius 1 is 1.21 bits per heavy atom. The van der Waals surface area contributed by atoms with Crippen LogP contribution in [0.2, 0.25) is 0 Å². The molecular formula is C20H18F5N7O. The normalized spacial score (nSPS) is 18.2. The Balaban J connectivity index is 1.55. The molecule has 4 rings (SSSR count). The summed E-state index contributed by atoms with van der Waals surface area (Å²) in [4.78, 5) is 21.1. The highest BCUT2D eigenvalue weighted by atomic mass is 19.4. The minimum Gasteiger partial charge on any atom is -0.291 e. The topological polar surface area (TPSA) is 96.0 Å². The fraction of sp³-hybridized carbons (Fsp3) is 0.350. The van der Waals surface area contributed by atoms with E-state index in [0.29, 0.717) is 5.71 Å². The summed E-state index contributed by atoms with van der Waals surface area (Å²) in [5.74, 6) is -2.59. The zero-order chi connectivity index (χ0) is 23.8. The Morgan fingerprint density at radius 2 is 1.91 bits per heavy atom. The molecule has 0 radical (unpaired) electrons. The maximum Gasteiger partial charge on any atom is 0.435 e. The summed E-state index contributed by atoms with van der Waals surface area (Å²) in [6.07, 6.45) is -1.38. The zero-order valence-electron chi connectivity index (χ0n) is 17.2. The van der Waals surface area contributed by atoms with E-state index in [0.717, 1.165) is 48.3 Å². The number of aryl methyl sites for hydroxylation is 1. The monoisotopic (exact) mass is 467 g/mol. The largest absolute Gasteiger partial charge is 0.435 e. The smallest absolute Gasteiger partial charge is 0.291 e. The summed E-state index contributed by atoms with van der Waals surface area (Å²) in [6, 6.07) is 2.82. The number of hydrazone groups is 1. The van der Waals surface area contributed by atoms with Crippen molar-refractivity contribution in [3.05, 3.63) is 52.9 Å². The number of carbonyl (C=O) groups is 1. The van der Waals surface area contributed by atoms with Crippen LogP contribution in [0.1, 0.15) is 47.3 Å². The second kappa shape index (κ2) is 8.71. The standard InChI is InChI=1S/C20H18F5N7O/c1-32-9-14(17(31-32)20(23,24)25)18(33)28-19(26-13-3-2-4-13)27-16-8-15(29-30-16)10-5-11(21)7-12(22)6-10/h5-7,9,13H,2-4,8H2,1H3,(H2,26,27,28,30,33). The maximum atomic E-state index is 13.5. The van der Waals surface area contributed by atoms with Crippen LogP contribution in [0.4, 0.5) is 22.0 Å². The number of benzene rings is 1. The molecule has 0 unspecified atom stereocenters. The van der Waals surface area contributed by atoms with Gasteiger partial charge in [-0.1, -0.05) is 0 Å². The summed E-state index contributed by atoms with van der Waals surface area (Å²) in [7, 11) is 1.27. The van der Waals surface area contributed by atoms with Crippen molar-refractivity contribution in [3.63, 3.8) is 0 Å². The first-order chi connectivity index (χ1) is 15.6. The second-order valence-corrected chi connectivity index (χ2v) is 7.62. The predicted octanol–water partition coefficient (Wildman–Crippen LogP) is 3.15. The third kappa shape index (κ3) is 5.23. The van der Waals surface area contributed by atoms with Gasteiger partial charge in [-0.2, -0.15) is 28.4 Å². The number of alkyl halides is 3. The van der Waals surface area contributed by atoms with Gasteiger partial charge < -0.3 is 0 Å². The minimum atomic E-state index is -4.82. The number of halogens is 5. The minimum absolute atomic E-state index is 0.0448. The van der Waals surface area contributed by atoms with E-state index in [4.69, 9.17) is 0 Å². The van der Waals surface area contributed by atoms with E-state index in [1.807, 2.05) is 0 Å². The number of nitrogens with one attached hydrogen (secondary N) is 2. The van der Waals surface area contributed by atoms with Crippen LogP contribution in [-0.2, 0) is 13.2 Å². The molecule has 1 amide bonds. The quantitative estimate of drug-likeness (QED) is 0.413. The highest BCUT2D eigenvalue weighted by molar-refractivity contribution is 6.18. The molecule has 2 aromatic rings. The number of amidine groups is 1. The lowest BCUT2D eigenvalue weighted by Gasteiger charge is -2.21. The molecule has 0 bridgehead atoms. The second-order valence-electron chi connectivity index (χ2n) is 7.62. The molecule has 2 heterocycles. The molecule has 1 saturated carbocycles. The van der Waals surface area contributed by atoms with Crippen molar-refractivity contribution in [2.24, 2.45) is 22.1 Å². The number of aromatic nitrogens is 2. The number of amides is 1. The lowest BCUT2D eigenvalue weighted by atomic mass is 9.94. The lowest BCUT2D eigenvalue weighted by molar-refractivity contribution is -0.141. The van der Waals surface area contributed by atoms with Crippen LogP contribution < -0.4 is 10.7 Å². The lowest BCUT2D eigenvalue weighted by Crippen LogP contribution is -2.34. The number of carbonyl (C=O) groups excluding carboxylic acids is 1. The Morgan fingerprint density at radius 3 is 2.52 bits per heavy atom. The number of aliphatic imine (C=N–C) groups is 2. The first-order valence-corrected chi connectivity index (χ1v) is 9.95. The van der Waals surface area contributed by atoms with Crippen LogP contribution in [-0.4, -0.2) is 39.2 Å². The predicted molar refractivity (Wildman–Crippen MR) is 109 cm³/mol. The van der Waals surface area contributed by atoms with E-state index in [1.165, 1.54) is 7.05 Å². The Kier molecular flexibility index (Phi) is 5.95. The van der Waals surface area contributed by atoms with E-state index < -0.39 is 35.0 Å². The highest BCUT2D eigenvalue weighted by Gasteiger charge is 2.39. The molecule has 0 spiro atoms. The number of nitrogens with zero attached hydrogens (tertiary/aromatic N) is 5. The summed E-state index contributed by atoms with van der Waals surface area (Å²) in [5.41, 5.74) is 1.11. The van der Waals surface area contributed by atoms with Gasteiger partial charge in [-0.05, 0) is 31.4 Å². The average molecular weight is 467 g/mol. The van der Waals surface area contributed by atoms with E-state index in [2.05, 4.69) is 30.9 Å². The molecule has 1 aromatic carbocycles. The SMILES string of the molecule is Cn1cc(C(=O)NC(N=C2CC(c3cc(F)cc(F)c3)=NN2)=NC2CCC2)c(C(F)(F)F)n1. The fourth-order valence-corrected chi connectivity index (χ4v) is 3.26. The van der Waals surface area contributed by atoms with Gasteiger partial charge in [0.2, 0.25) is 5.96 Å². The molecule has 174 valence electrons. The van der Waals surface area contributed by atoms with Crippen molar-refractivity contribution >= 4 is 23.4 Å². The van der Waals surface area contributed by atoms with Gasteiger partial charge in [-0.3, -0.25) is 20.2 Å². The van der Waals surface area contributed by atoms with Gasteiger partial charge in [0.05, 0.1) is 23.7 Å². The Hall–Kier alpha value is -3.64. The van der Waals surface area contributed by atoms with Crippen LogP contribution in [0, 0.1) is 11.6 Å². The fourth-order valence-electron chi connectivity index (χ4n) is 3.26. The van der Waals surface area contributed by atoms with Gasteiger partial charge >= 0.3 is 6.18 Å². The molecular weight excluding hydrogens is 449 g/mol. The Labute approximate surface area is 184 Å². The molecule has 1 aliphatic carbocycles. The molecule has 0 atom stereocenters. The first-order valence-electron chi connectivity index (χ1n) is 9.95. The van der Waals surface area contributed by atoms with Gasteiger partial charge in [-0.15, -0.1) is 0 Å². The molecule has 33 heavy (non-hydrogen) atoms. The Bertz CT molecular complexity index is 1160. The van der Waals surface area contributed by atoms with Gasteiger partial charge in [0.25, 0.3) is 5.91 Å². The van der Waals surface area contributed by atoms with Gasteiger partial charge in [-0.25, -0.2) is 13.8 Å². The molecule has 0 saturated heterocycles. The van der Waals surface area contributed by atoms with Crippen LogP contribution in [0.3, 0.4) is 0 Å². The van der Waals surface area contributed by atoms with Crippen molar-refractivity contribution < 1.29 is 26.7 Å². The van der Waals surface area contributed by atoms with Crippen LogP contribution in [0.15, 0.2) is 39.5 Å². The molecule has 2 N–H and O–H groups in total. The number of guanidine groups is 1. The molecule has 13 heteroatoms. The molecule has 8 nitrogen and oxygen atoms in total. The van der Waals surface area contributed by atoms with Crippen molar-refractivity contribution in [1.82, 2.24) is 20.5 Å². The van der Waals surface area contributed by atoms with E-state index in [9.17, 15) is 26.7 Å². The molecule has 1 aliphatic heterocycles. The van der Waals surface area contributed by atoms with E-state index in [-0.39, 0.29) is 29.8 Å². The third-order valence-corrected chi connectivity index (χ3v) is 5.04.